The summed E-state index contributed by atoms with van der Waals surface area (Å²) in [5.41, 5.74) is 0. The summed E-state index contributed by atoms with van der Waals surface area (Å²) in [5.74, 6) is -0.210. The number of hydrogen-bond acceptors (Lipinski definition) is 6. The fraction of sp³-hybridized carbons (Fsp3) is 0.757. The quantitative estimate of drug-likeness (QED) is 0.0272. The van der Waals surface area contributed by atoms with Crippen LogP contribution in [0.5, 0.6) is 0 Å². The van der Waals surface area contributed by atoms with Crippen LogP contribution in [-0.2, 0) is 18.4 Å². The number of unbranched alkanes of at least 4 members (excludes halogenated alkanes) is 33. The number of carbonyl (C=O) groups is 1. The number of carbonyl (C=O) groups excluding carboxylic acids is 1. The molecule has 3 atom stereocenters. The van der Waals surface area contributed by atoms with E-state index < -0.39 is 26.6 Å². The molecule has 458 valence electrons. The molecule has 0 aliphatic carbocycles. The maximum absolute atomic E-state index is 13.0. The van der Waals surface area contributed by atoms with E-state index in [-0.39, 0.29) is 12.5 Å². The Kier molecular flexibility index (Phi) is 58.1. The van der Waals surface area contributed by atoms with Gasteiger partial charge in [-0.05, 0) is 83.5 Å². The smallest absolute Gasteiger partial charge is 0.268 e. The Bertz CT molecular complexity index is 1610. The topological polar surface area (TPSA) is 108 Å². The number of rotatable bonds is 60. The second-order valence-corrected chi connectivity index (χ2v) is 24.8. The SMILES string of the molecule is CC/C=C\C/C=C\C/C=C\C/C=C\C/C=C\C/C=C\CCCCCCCCCCCCCCC(=O)NC(COP(=O)([O-])OCC[N+](C)(C)C)C(O)/C=C/CC/C=C/CCCCCCCCCCCCCCCCCCCCCC. The number of phosphoric acid groups is 1. The third-order valence-electron chi connectivity index (χ3n) is 14.5. The van der Waals surface area contributed by atoms with Crippen molar-refractivity contribution in [3.8, 4) is 0 Å². The van der Waals surface area contributed by atoms with Gasteiger partial charge in [-0.1, -0.05) is 297 Å². The number of allylic oxidation sites excluding steroid dienone is 15. The van der Waals surface area contributed by atoms with Gasteiger partial charge in [-0.2, -0.15) is 0 Å². The van der Waals surface area contributed by atoms with E-state index in [1.807, 2.05) is 27.2 Å². The first kappa shape index (κ1) is 76.4. The molecule has 0 rings (SSSR count). The normalized spacial score (nSPS) is 14.4. The van der Waals surface area contributed by atoms with Crippen molar-refractivity contribution in [1.82, 2.24) is 5.32 Å². The van der Waals surface area contributed by atoms with E-state index in [0.717, 1.165) is 77.0 Å². The first-order chi connectivity index (χ1) is 38.5. The molecule has 0 aromatic heterocycles. The van der Waals surface area contributed by atoms with Gasteiger partial charge in [0, 0.05) is 6.42 Å². The van der Waals surface area contributed by atoms with Crippen LogP contribution < -0.4 is 10.2 Å². The van der Waals surface area contributed by atoms with Gasteiger partial charge in [-0.15, -0.1) is 0 Å². The van der Waals surface area contributed by atoms with Crippen molar-refractivity contribution in [2.45, 2.75) is 302 Å². The average molecular weight is 1120 g/mol. The summed E-state index contributed by atoms with van der Waals surface area (Å²) in [6, 6.07) is -0.912. The van der Waals surface area contributed by atoms with Crippen LogP contribution in [0.15, 0.2) is 97.2 Å². The zero-order chi connectivity index (χ0) is 57.7. The Morgan fingerprint density at radius 2 is 0.785 bits per heavy atom. The Labute approximate surface area is 489 Å². The molecule has 9 heteroatoms. The number of phosphoric ester groups is 1. The van der Waals surface area contributed by atoms with E-state index in [2.05, 4.69) is 104 Å². The third-order valence-corrected chi connectivity index (χ3v) is 15.5. The van der Waals surface area contributed by atoms with Gasteiger partial charge in [0.25, 0.3) is 7.82 Å². The van der Waals surface area contributed by atoms with Crippen LogP contribution in [0.1, 0.15) is 290 Å². The number of nitrogens with zero attached hydrogens (tertiary/aromatic N) is 1. The first-order valence-electron chi connectivity index (χ1n) is 33.1. The summed E-state index contributed by atoms with van der Waals surface area (Å²) in [5, 5.41) is 13.9. The van der Waals surface area contributed by atoms with Crippen LogP contribution in [0, 0.1) is 0 Å². The summed E-state index contributed by atoms with van der Waals surface area (Å²) < 4.78 is 23.4. The lowest BCUT2D eigenvalue weighted by atomic mass is 10.0. The number of aliphatic hydroxyl groups is 1. The van der Waals surface area contributed by atoms with Crippen molar-refractivity contribution in [3.63, 3.8) is 0 Å². The maximum Gasteiger partial charge on any atom is 0.268 e. The molecule has 0 fully saturated rings. The number of quaternary nitrogens is 1. The summed E-state index contributed by atoms with van der Waals surface area (Å²) in [6.45, 7) is 4.54. The van der Waals surface area contributed by atoms with E-state index in [9.17, 15) is 19.4 Å². The van der Waals surface area contributed by atoms with Crippen molar-refractivity contribution >= 4 is 13.7 Å². The predicted octanol–water partition coefficient (Wildman–Crippen LogP) is 20.3. The molecular formula is C70H127N2O6P. The molecular weight excluding hydrogens is 996 g/mol. The molecule has 0 saturated carbocycles. The van der Waals surface area contributed by atoms with Gasteiger partial charge in [0.2, 0.25) is 5.91 Å². The van der Waals surface area contributed by atoms with Gasteiger partial charge in [0.1, 0.15) is 13.2 Å². The fourth-order valence-corrected chi connectivity index (χ4v) is 10.1. The van der Waals surface area contributed by atoms with Crippen LogP contribution in [0.25, 0.3) is 0 Å². The van der Waals surface area contributed by atoms with Crippen molar-refractivity contribution in [2.75, 3.05) is 40.9 Å². The highest BCUT2D eigenvalue weighted by atomic mass is 31.2. The molecule has 2 N–H and O–H groups in total. The standard InChI is InChI=1S/C70H127N2O6P/c1-6-8-10-12-14-16-18-20-22-24-26-28-30-32-34-35-36-37-38-40-42-44-46-48-50-52-54-56-58-60-62-64-70(74)71-68(67-78-79(75,76)77-66-65-72(3,4)5)69(73)63-61-59-57-55-53-51-49-47-45-43-41-39-33-31-29-27-25-23-21-19-17-15-13-11-9-7-2/h8,10,14,16,20,22,26,28,32,34,36-37,53,55,61,63,68-69,73H,6-7,9,11-13,15,17-19,21,23-25,27,29-31,33,35,38-52,54,56-60,62,64-67H2,1-5H3,(H-,71,74,75,76)/b10-8-,16-14-,22-20-,28-26-,34-32-,37-36-,55-53+,63-61+. The minimum Gasteiger partial charge on any atom is -0.756 e. The van der Waals surface area contributed by atoms with Crippen LogP contribution in [0.4, 0.5) is 0 Å². The molecule has 79 heavy (non-hydrogen) atoms. The number of aliphatic hydroxyl groups excluding tert-OH is 1. The Morgan fingerprint density at radius 3 is 1.18 bits per heavy atom. The largest absolute Gasteiger partial charge is 0.756 e. The predicted molar refractivity (Wildman–Crippen MR) is 343 cm³/mol. The van der Waals surface area contributed by atoms with Crippen LogP contribution in [0.2, 0.25) is 0 Å². The highest BCUT2D eigenvalue weighted by Gasteiger charge is 2.23. The van der Waals surface area contributed by atoms with Crippen LogP contribution >= 0.6 is 7.82 Å². The molecule has 0 aromatic rings. The molecule has 3 unspecified atom stereocenters. The Balaban J connectivity index is 4.17. The molecule has 8 nitrogen and oxygen atoms in total. The zero-order valence-corrected chi connectivity index (χ0v) is 53.2. The van der Waals surface area contributed by atoms with Crippen molar-refractivity contribution < 1.29 is 32.9 Å². The number of likely N-dealkylation sites (N-methyl/N-ethyl adjacent to an activating group) is 1. The second-order valence-electron chi connectivity index (χ2n) is 23.4. The monoisotopic (exact) mass is 1120 g/mol. The van der Waals surface area contributed by atoms with E-state index in [1.165, 1.54) is 193 Å². The summed E-state index contributed by atoms with van der Waals surface area (Å²) >= 11 is 0. The van der Waals surface area contributed by atoms with Gasteiger partial charge in [-0.3, -0.25) is 9.36 Å². The molecule has 0 aliphatic rings. The Morgan fingerprint density at radius 1 is 0.456 bits per heavy atom. The lowest BCUT2D eigenvalue weighted by Crippen LogP contribution is -2.45. The summed E-state index contributed by atoms with van der Waals surface area (Å²) in [4.78, 5) is 25.6. The molecule has 0 saturated heterocycles. The number of hydrogen-bond donors (Lipinski definition) is 2. The minimum absolute atomic E-state index is 0.0102. The summed E-state index contributed by atoms with van der Waals surface area (Å²) in [7, 11) is 1.24. The summed E-state index contributed by atoms with van der Waals surface area (Å²) in [6.07, 6.45) is 86.6. The lowest BCUT2D eigenvalue weighted by molar-refractivity contribution is -0.870. The molecule has 0 heterocycles. The van der Waals surface area contributed by atoms with Crippen molar-refractivity contribution in [3.05, 3.63) is 97.2 Å². The second kappa shape index (κ2) is 60.0. The zero-order valence-electron chi connectivity index (χ0n) is 52.3. The van der Waals surface area contributed by atoms with Crippen molar-refractivity contribution in [2.24, 2.45) is 0 Å². The molecule has 0 spiro atoms. The van der Waals surface area contributed by atoms with E-state index in [4.69, 9.17) is 9.05 Å². The van der Waals surface area contributed by atoms with Gasteiger partial charge in [0.15, 0.2) is 0 Å². The van der Waals surface area contributed by atoms with Crippen LogP contribution in [-0.4, -0.2) is 68.5 Å². The lowest BCUT2D eigenvalue weighted by Gasteiger charge is -2.29. The van der Waals surface area contributed by atoms with Gasteiger partial charge < -0.3 is 28.8 Å². The maximum atomic E-state index is 13.0. The van der Waals surface area contributed by atoms with Crippen molar-refractivity contribution in [1.29, 1.82) is 0 Å². The Hall–Kier alpha value is -2.58. The minimum atomic E-state index is -4.62. The van der Waals surface area contributed by atoms with E-state index in [1.54, 1.807) is 6.08 Å². The fourth-order valence-electron chi connectivity index (χ4n) is 9.41. The van der Waals surface area contributed by atoms with Gasteiger partial charge in [-0.25, -0.2) is 0 Å². The highest BCUT2D eigenvalue weighted by molar-refractivity contribution is 7.45. The van der Waals surface area contributed by atoms with Gasteiger partial charge >= 0.3 is 0 Å². The van der Waals surface area contributed by atoms with Crippen LogP contribution in [0.3, 0.4) is 0 Å². The molecule has 0 bridgehead atoms. The van der Waals surface area contributed by atoms with E-state index >= 15 is 0 Å². The molecule has 0 radical (unpaired) electrons. The molecule has 1 amide bonds. The average Bonchev–Trinajstić information content (AvgIpc) is 3.42. The number of amides is 1. The molecule has 0 aliphatic heterocycles. The third kappa shape index (κ3) is 62.9. The number of nitrogens with one attached hydrogen (secondary N) is 1. The highest BCUT2D eigenvalue weighted by Crippen LogP contribution is 2.38. The van der Waals surface area contributed by atoms with E-state index in [0.29, 0.717) is 17.4 Å². The van der Waals surface area contributed by atoms with Gasteiger partial charge in [0.05, 0.1) is 39.9 Å². The molecule has 0 aromatic carbocycles. The first-order valence-corrected chi connectivity index (χ1v) is 34.6.